The van der Waals surface area contributed by atoms with Gasteiger partial charge in [-0.25, -0.2) is 9.88 Å². The summed E-state index contributed by atoms with van der Waals surface area (Å²) in [4.78, 5) is 61.2. The van der Waals surface area contributed by atoms with E-state index in [4.69, 9.17) is 4.74 Å². The highest BCUT2D eigenvalue weighted by Crippen LogP contribution is 2.37. The van der Waals surface area contributed by atoms with Gasteiger partial charge in [-0.05, 0) is 68.5 Å². The van der Waals surface area contributed by atoms with Crippen molar-refractivity contribution in [1.82, 2.24) is 19.4 Å². The predicted octanol–water partition coefficient (Wildman–Crippen LogP) is 4.59. The van der Waals surface area contributed by atoms with Crippen molar-refractivity contribution in [2.45, 2.75) is 38.1 Å². The van der Waals surface area contributed by atoms with Gasteiger partial charge in [0.2, 0.25) is 17.6 Å². The van der Waals surface area contributed by atoms with Crippen LogP contribution in [0.15, 0.2) is 71.7 Å². The molecule has 1 N–H and O–H groups in total. The molecule has 11 heteroatoms. The molecule has 4 heterocycles. The van der Waals surface area contributed by atoms with Crippen molar-refractivity contribution in [3.05, 3.63) is 82.1 Å². The highest BCUT2D eigenvalue weighted by molar-refractivity contribution is 7.20. The molecule has 10 nitrogen and oxygen atoms in total. The van der Waals surface area contributed by atoms with E-state index in [-0.39, 0.29) is 41.4 Å². The number of ether oxygens (including phenoxy) is 1. The normalized spacial score (nSPS) is 18.1. The fourth-order valence-corrected chi connectivity index (χ4v) is 6.71. The van der Waals surface area contributed by atoms with Crippen molar-refractivity contribution in [3.63, 3.8) is 0 Å². The van der Waals surface area contributed by atoms with E-state index in [0.717, 1.165) is 39.2 Å². The van der Waals surface area contributed by atoms with Crippen LogP contribution in [0.2, 0.25) is 0 Å². The number of imide groups is 1. The first kappa shape index (κ1) is 27.0. The number of aromatic nitrogens is 3. The molecule has 5 aromatic rings. The molecule has 3 aliphatic rings. The number of hydrogen-bond donors (Lipinski definition) is 1. The third-order valence-corrected chi connectivity index (χ3v) is 9.52. The number of carbonyl (C=O) groups excluding carboxylic acids is 3. The summed E-state index contributed by atoms with van der Waals surface area (Å²) >= 11 is 1.14. The molecule has 0 spiro atoms. The van der Waals surface area contributed by atoms with Gasteiger partial charge in [0.05, 0.1) is 34.2 Å². The maximum atomic E-state index is 14.4. The number of thiophene rings is 1. The van der Waals surface area contributed by atoms with Crippen LogP contribution in [0.5, 0.6) is 0 Å². The Hall–Kier alpha value is -4.61. The summed E-state index contributed by atoms with van der Waals surface area (Å²) in [6.45, 7) is 1.04. The first-order chi connectivity index (χ1) is 21.5. The van der Waals surface area contributed by atoms with Gasteiger partial charge in [-0.2, -0.15) is 0 Å². The second-order valence-electron chi connectivity index (χ2n) is 11.7. The number of amides is 3. The van der Waals surface area contributed by atoms with E-state index in [1.54, 1.807) is 6.07 Å². The third-order valence-electron chi connectivity index (χ3n) is 8.50. The molecule has 8 rings (SSSR count). The van der Waals surface area contributed by atoms with Gasteiger partial charge in [-0.3, -0.25) is 23.7 Å². The van der Waals surface area contributed by atoms with Crippen molar-refractivity contribution >= 4 is 56.1 Å². The summed E-state index contributed by atoms with van der Waals surface area (Å²) in [6, 6.07) is 19.2. The molecule has 3 fully saturated rings. The monoisotopic (exact) mass is 607 g/mol. The summed E-state index contributed by atoms with van der Waals surface area (Å²) < 4.78 is 8.94. The maximum Gasteiger partial charge on any atom is 0.299 e. The average Bonchev–Trinajstić information content (AvgIpc) is 3.93. The van der Waals surface area contributed by atoms with E-state index in [1.165, 1.54) is 4.57 Å². The fourth-order valence-electron chi connectivity index (χ4n) is 5.80. The Morgan fingerprint density at radius 1 is 0.886 bits per heavy atom. The zero-order chi connectivity index (χ0) is 29.9. The van der Waals surface area contributed by atoms with E-state index in [2.05, 4.69) is 10.3 Å². The molecule has 1 saturated heterocycles. The molecule has 0 radical (unpaired) electrons. The molecule has 1 atom stereocenters. The largest absolute Gasteiger partial charge is 0.379 e. The van der Waals surface area contributed by atoms with Crippen LogP contribution in [0, 0.1) is 11.8 Å². The second-order valence-corrected chi connectivity index (χ2v) is 12.8. The second kappa shape index (κ2) is 10.5. The van der Waals surface area contributed by atoms with Crippen LogP contribution in [0.3, 0.4) is 0 Å². The Labute approximate surface area is 255 Å². The van der Waals surface area contributed by atoms with Gasteiger partial charge >= 0.3 is 0 Å². The highest BCUT2D eigenvalue weighted by Gasteiger charge is 2.44. The molecule has 1 aliphatic heterocycles. The maximum absolute atomic E-state index is 14.4. The van der Waals surface area contributed by atoms with Gasteiger partial charge in [0.1, 0.15) is 4.83 Å². The zero-order valence-corrected chi connectivity index (χ0v) is 24.6. The van der Waals surface area contributed by atoms with E-state index < -0.39 is 5.56 Å². The molecule has 2 aromatic carbocycles. The van der Waals surface area contributed by atoms with Crippen LogP contribution in [0.1, 0.15) is 41.8 Å². The number of hydrogen-bond acceptors (Lipinski definition) is 7. The summed E-state index contributed by atoms with van der Waals surface area (Å²) in [6.07, 6.45) is 5.45. The summed E-state index contributed by atoms with van der Waals surface area (Å²) in [5.74, 6) is -1.80. The van der Waals surface area contributed by atoms with Gasteiger partial charge in [0.15, 0.2) is 0 Å². The molecule has 0 unspecified atom stereocenters. The molecule has 44 heavy (non-hydrogen) atoms. The minimum absolute atomic E-state index is 0.0885. The van der Waals surface area contributed by atoms with Gasteiger partial charge < -0.3 is 14.6 Å². The van der Waals surface area contributed by atoms with E-state index >= 15 is 0 Å². The zero-order valence-electron chi connectivity index (χ0n) is 23.8. The van der Waals surface area contributed by atoms with Crippen LogP contribution in [0.25, 0.3) is 32.6 Å². The van der Waals surface area contributed by atoms with Gasteiger partial charge in [-0.1, -0.05) is 24.3 Å². The smallest absolute Gasteiger partial charge is 0.299 e. The number of nitrogens with one attached hydrogen (secondary N) is 1. The number of rotatable bonds is 7. The lowest BCUT2D eigenvalue weighted by Crippen LogP contribution is -2.43. The van der Waals surface area contributed by atoms with E-state index in [9.17, 15) is 19.2 Å². The number of fused-ring (bicyclic) bond motifs is 2. The average molecular weight is 608 g/mol. The van der Waals surface area contributed by atoms with Crippen LogP contribution >= 0.6 is 11.3 Å². The molecular formula is C33H29N5O5S. The quantitative estimate of drug-likeness (QED) is 0.271. The number of para-hydroxylation sites is 1. The Morgan fingerprint density at radius 2 is 1.64 bits per heavy atom. The molecule has 222 valence electrons. The van der Waals surface area contributed by atoms with Gasteiger partial charge in [0.25, 0.3) is 11.5 Å². The summed E-state index contributed by atoms with van der Waals surface area (Å²) in [5.41, 5.74) is 2.24. The van der Waals surface area contributed by atoms with Gasteiger partial charge in [-0.15, -0.1) is 11.3 Å². The predicted molar refractivity (Wildman–Crippen MR) is 167 cm³/mol. The molecule has 2 aliphatic carbocycles. The van der Waals surface area contributed by atoms with E-state index in [0.29, 0.717) is 59.8 Å². The first-order valence-electron chi connectivity index (χ1n) is 15.0. The topological polar surface area (TPSA) is 116 Å². The Morgan fingerprint density at radius 3 is 2.32 bits per heavy atom. The molecule has 3 aromatic heterocycles. The SMILES string of the molecule is O=C(N[C@@H]1CCOC1)c1cc2c(nc(N(C(=O)C3CC3)C(=O)C3CC3)c(=O)n2-c2ccc3ccn(-c4ccccc4)c3c2)s1. The minimum atomic E-state index is -0.577. The van der Waals surface area contributed by atoms with Crippen LogP contribution in [0.4, 0.5) is 5.82 Å². The minimum Gasteiger partial charge on any atom is -0.379 e. The van der Waals surface area contributed by atoms with Crippen molar-refractivity contribution in [1.29, 1.82) is 0 Å². The molecule has 0 bridgehead atoms. The first-order valence-corrected chi connectivity index (χ1v) is 15.8. The Kier molecular flexibility index (Phi) is 6.46. The van der Waals surface area contributed by atoms with Crippen LogP contribution in [-0.2, 0) is 14.3 Å². The lowest BCUT2D eigenvalue weighted by molar-refractivity contribution is -0.128. The van der Waals surface area contributed by atoms with Crippen LogP contribution < -0.4 is 15.8 Å². The number of benzene rings is 2. The lowest BCUT2D eigenvalue weighted by Gasteiger charge is -2.20. The Balaban J connectivity index is 1.32. The number of anilines is 1. The van der Waals surface area contributed by atoms with Gasteiger partial charge in [0, 0.05) is 35.7 Å². The standard InChI is InChI=1S/C33H29N5O5S/c39-29(34-22-13-15-43-18-22)27-17-26-30(44-27)35-28(38(31(40)20-6-7-20)32(41)21-8-9-21)33(42)37(26)24-11-10-19-12-14-36(25(19)16-24)23-4-2-1-3-5-23/h1-5,10-12,14,16-17,20-22H,6-9,13,15,18H2,(H,34,39)/t22-/m1/s1. The summed E-state index contributed by atoms with van der Waals surface area (Å²) in [5, 5.41) is 3.99. The van der Waals surface area contributed by atoms with Crippen molar-refractivity contribution in [2.75, 3.05) is 18.1 Å². The van der Waals surface area contributed by atoms with Crippen LogP contribution in [-0.4, -0.2) is 51.1 Å². The Bertz CT molecular complexity index is 1990. The molecule has 2 saturated carbocycles. The van der Waals surface area contributed by atoms with Crippen molar-refractivity contribution in [3.8, 4) is 11.4 Å². The summed E-state index contributed by atoms with van der Waals surface area (Å²) in [7, 11) is 0. The highest BCUT2D eigenvalue weighted by atomic mass is 32.1. The van der Waals surface area contributed by atoms with Crippen molar-refractivity contribution in [2.24, 2.45) is 11.8 Å². The number of nitrogens with zero attached hydrogens (tertiary/aromatic N) is 4. The molecular weight excluding hydrogens is 578 g/mol. The van der Waals surface area contributed by atoms with Crippen molar-refractivity contribution < 1.29 is 19.1 Å². The number of carbonyl (C=O) groups is 3. The third kappa shape index (κ3) is 4.72. The van der Waals surface area contributed by atoms with E-state index in [1.807, 2.05) is 65.4 Å². The molecule has 3 amide bonds. The fraction of sp³-hybridized carbons (Fsp3) is 0.303. The lowest BCUT2D eigenvalue weighted by atomic mass is 10.2.